The van der Waals surface area contributed by atoms with Crippen molar-refractivity contribution in [2.45, 2.75) is 32.7 Å². The zero-order valence-electron chi connectivity index (χ0n) is 16.8. The molecule has 3 amide bonds. The molecule has 1 heterocycles. The van der Waals surface area contributed by atoms with Crippen LogP contribution in [0.2, 0.25) is 10.0 Å². The van der Waals surface area contributed by atoms with Crippen LogP contribution in [0.5, 0.6) is 0 Å². The molecule has 2 rings (SSSR count). The minimum Gasteiger partial charge on any atom is -0.351 e. The Morgan fingerprint density at radius 1 is 1.17 bits per heavy atom. The summed E-state index contributed by atoms with van der Waals surface area (Å²) < 4.78 is 0. The van der Waals surface area contributed by atoms with Gasteiger partial charge < -0.3 is 20.9 Å². The number of hydrogen-bond donors (Lipinski definition) is 3. The summed E-state index contributed by atoms with van der Waals surface area (Å²) in [5.41, 5.74) is 0.225. The van der Waals surface area contributed by atoms with Crippen molar-refractivity contribution in [2.75, 3.05) is 32.7 Å². The fourth-order valence-electron chi connectivity index (χ4n) is 3.38. The van der Waals surface area contributed by atoms with E-state index in [-0.39, 0.29) is 35.6 Å². The first-order chi connectivity index (χ1) is 13.7. The first-order valence-electron chi connectivity index (χ1n) is 9.76. The molecule has 0 aliphatic carbocycles. The van der Waals surface area contributed by atoms with E-state index in [1.807, 2.05) is 6.92 Å². The number of piperidine rings is 1. The van der Waals surface area contributed by atoms with Gasteiger partial charge in [-0.05, 0) is 50.4 Å². The second-order valence-electron chi connectivity index (χ2n) is 7.56. The van der Waals surface area contributed by atoms with Crippen molar-refractivity contribution in [3.05, 3.63) is 33.8 Å². The number of carbonyl (C=O) groups excluding carboxylic acids is 3. The topological polar surface area (TPSA) is 90.5 Å². The van der Waals surface area contributed by atoms with Crippen molar-refractivity contribution in [3.63, 3.8) is 0 Å². The van der Waals surface area contributed by atoms with Gasteiger partial charge in [0.1, 0.15) is 0 Å². The normalized spacial score (nSPS) is 18.0. The van der Waals surface area contributed by atoms with Gasteiger partial charge in [-0.1, -0.05) is 30.1 Å². The highest BCUT2D eigenvalue weighted by molar-refractivity contribution is 6.36. The fourth-order valence-corrected chi connectivity index (χ4v) is 3.88. The highest BCUT2D eigenvalue weighted by atomic mass is 35.5. The summed E-state index contributed by atoms with van der Waals surface area (Å²) in [5, 5.41) is 8.47. The number of hydrogen-bond acceptors (Lipinski definition) is 4. The first-order valence-corrected chi connectivity index (χ1v) is 10.5. The van der Waals surface area contributed by atoms with Gasteiger partial charge in [0.05, 0.1) is 23.7 Å². The maximum absolute atomic E-state index is 12.1. The Kier molecular flexibility index (Phi) is 9.20. The lowest BCUT2D eigenvalue weighted by Crippen LogP contribution is -2.48. The van der Waals surface area contributed by atoms with Crippen molar-refractivity contribution in [2.24, 2.45) is 5.92 Å². The molecular weight excluding hydrogens is 415 g/mol. The van der Waals surface area contributed by atoms with E-state index in [4.69, 9.17) is 23.2 Å². The van der Waals surface area contributed by atoms with Crippen molar-refractivity contribution in [1.29, 1.82) is 0 Å². The molecular formula is C20H28Cl2N4O3. The smallest absolute Gasteiger partial charge is 0.253 e. The van der Waals surface area contributed by atoms with Gasteiger partial charge in [0, 0.05) is 24.2 Å². The Labute approximate surface area is 181 Å². The molecule has 9 heteroatoms. The molecule has 2 atom stereocenters. The molecule has 1 fully saturated rings. The first kappa shape index (κ1) is 23.4. The molecule has 0 spiro atoms. The molecule has 0 saturated carbocycles. The summed E-state index contributed by atoms with van der Waals surface area (Å²) in [6, 6.07) is 4.47. The molecule has 29 heavy (non-hydrogen) atoms. The Morgan fingerprint density at radius 2 is 1.90 bits per heavy atom. The molecule has 2 unspecified atom stereocenters. The van der Waals surface area contributed by atoms with Crippen LogP contribution in [0.3, 0.4) is 0 Å². The van der Waals surface area contributed by atoms with Crippen LogP contribution >= 0.6 is 23.2 Å². The third-order valence-corrected chi connectivity index (χ3v) is 5.26. The van der Waals surface area contributed by atoms with Crippen molar-refractivity contribution >= 4 is 40.9 Å². The predicted molar refractivity (Wildman–Crippen MR) is 114 cm³/mol. The second kappa shape index (κ2) is 11.4. The fraction of sp³-hybridized carbons (Fsp3) is 0.550. The summed E-state index contributed by atoms with van der Waals surface area (Å²) in [6.45, 7) is 6.69. The van der Waals surface area contributed by atoms with Gasteiger partial charge in [0.25, 0.3) is 5.91 Å². The van der Waals surface area contributed by atoms with Crippen LogP contribution in [0, 0.1) is 5.92 Å². The largest absolute Gasteiger partial charge is 0.351 e. The lowest BCUT2D eigenvalue weighted by molar-refractivity contribution is -0.126. The van der Waals surface area contributed by atoms with Gasteiger partial charge in [0.15, 0.2) is 0 Å². The van der Waals surface area contributed by atoms with Crippen LogP contribution in [-0.4, -0.2) is 61.4 Å². The molecule has 0 radical (unpaired) electrons. The van der Waals surface area contributed by atoms with Gasteiger partial charge in [-0.2, -0.15) is 0 Å². The molecule has 1 aromatic carbocycles. The van der Waals surface area contributed by atoms with Gasteiger partial charge in [-0.3, -0.25) is 14.4 Å². The van der Waals surface area contributed by atoms with Gasteiger partial charge in [0.2, 0.25) is 11.8 Å². The Bertz CT molecular complexity index is 744. The molecule has 1 aliphatic heterocycles. The molecule has 160 valence electrons. The van der Waals surface area contributed by atoms with Gasteiger partial charge in [-0.15, -0.1) is 0 Å². The summed E-state index contributed by atoms with van der Waals surface area (Å²) in [6.07, 6.45) is 2.44. The van der Waals surface area contributed by atoms with Crippen molar-refractivity contribution in [1.82, 2.24) is 20.9 Å². The SMILES string of the molecule is CC1CCCN(CC(C)NC(=O)CNC(=O)CNC(=O)c2ccc(Cl)cc2Cl)C1. The van der Waals surface area contributed by atoms with E-state index >= 15 is 0 Å². The van der Waals surface area contributed by atoms with Crippen LogP contribution < -0.4 is 16.0 Å². The Hall–Kier alpha value is -1.83. The van der Waals surface area contributed by atoms with Crippen LogP contribution in [-0.2, 0) is 9.59 Å². The number of halogens is 2. The summed E-state index contributed by atoms with van der Waals surface area (Å²) in [5.74, 6) is -0.529. The highest BCUT2D eigenvalue weighted by Gasteiger charge is 2.19. The average Bonchev–Trinajstić information content (AvgIpc) is 2.64. The van der Waals surface area contributed by atoms with Gasteiger partial charge >= 0.3 is 0 Å². The monoisotopic (exact) mass is 442 g/mol. The van der Waals surface area contributed by atoms with Crippen LogP contribution in [0.15, 0.2) is 18.2 Å². The zero-order chi connectivity index (χ0) is 21.4. The maximum atomic E-state index is 12.1. The molecule has 0 bridgehead atoms. The van der Waals surface area contributed by atoms with Crippen LogP contribution in [0.1, 0.15) is 37.0 Å². The third kappa shape index (κ3) is 8.20. The van der Waals surface area contributed by atoms with E-state index in [0.717, 1.165) is 19.6 Å². The minimum absolute atomic E-state index is 0.00329. The van der Waals surface area contributed by atoms with Crippen LogP contribution in [0.25, 0.3) is 0 Å². The van der Waals surface area contributed by atoms with E-state index in [9.17, 15) is 14.4 Å². The zero-order valence-corrected chi connectivity index (χ0v) is 18.3. The molecule has 7 nitrogen and oxygen atoms in total. The Balaban J connectivity index is 1.66. The van der Waals surface area contributed by atoms with Gasteiger partial charge in [-0.25, -0.2) is 0 Å². The van der Waals surface area contributed by atoms with E-state index < -0.39 is 11.8 Å². The molecule has 1 aliphatic rings. The van der Waals surface area contributed by atoms with Crippen molar-refractivity contribution in [3.8, 4) is 0 Å². The summed E-state index contributed by atoms with van der Waals surface area (Å²) in [7, 11) is 0. The lowest BCUT2D eigenvalue weighted by Gasteiger charge is -2.32. The number of nitrogens with one attached hydrogen (secondary N) is 3. The summed E-state index contributed by atoms with van der Waals surface area (Å²) in [4.78, 5) is 38.4. The number of likely N-dealkylation sites (tertiary alicyclic amines) is 1. The minimum atomic E-state index is -0.490. The van der Waals surface area contributed by atoms with E-state index in [2.05, 4.69) is 27.8 Å². The summed E-state index contributed by atoms with van der Waals surface area (Å²) >= 11 is 11.8. The van der Waals surface area contributed by atoms with E-state index in [1.54, 1.807) is 6.07 Å². The number of benzene rings is 1. The molecule has 0 aromatic heterocycles. The maximum Gasteiger partial charge on any atom is 0.253 e. The molecule has 1 aromatic rings. The number of rotatable bonds is 8. The number of amides is 3. The molecule has 1 saturated heterocycles. The average molecular weight is 443 g/mol. The predicted octanol–water partition coefficient (Wildman–Crippen LogP) is 2.08. The lowest BCUT2D eigenvalue weighted by atomic mass is 10.00. The number of carbonyl (C=O) groups is 3. The Morgan fingerprint density at radius 3 is 2.59 bits per heavy atom. The van der Waals surface area contributed by atoms with E-state index in [0.29, 0.717) is 10.9 Å². The van der Waals surface area contributed by atoms with Crippen LogP contribution in [0.4, 0.5) is 0 Å². The quantitative estimate of drug-likeness (QED) is 0.574. The second-order valence-corrected chi connectivity index (χ2v) is 8.40. The van der Waals surface area contributed by atoms with Crippen molar-refractivity contribution < 1.29 is 14.4 Å². The highest BCUT2D eigenvalue weighted by Crippen LogP contribution is 2.20. The number of nitrogens with zero attached hydrogens (tertiary/aromatic N) is 1. The van der Waals surface area contributed by atoms with E-state index in [1.165, 1.54) is 25.0 Å². The molecule has 3 N–H and O–H groups in total. The third-order valence-electron chi connectivity index (χ3n) is 4.71. The standard InChI is InChI=1S/C20H28Cl2N4O3/c1-13-4-3-7-26(11-13)12-14(2)25-19(28)10-23-18(27)9-24-20(29)16-6-5-15(21)8-17(16)22/h5-6,8,13-14H,3-4,7,9-12H2,1-2H3,(H,23,27)(H,24,29)(H,25,28).